The van der Waals surface area contributed by atoms with E-state index >= 15 is 0 Å². The van der Waals surface area contributed by atoms with E-state index in [1.807, 2.05) is 13.0 Å². The molecule has 29 heavy (non-hydrogen) atoms. The third kappa shape index (κ3) is 3.62. The van der Waals surface area contributed by atoms with Crippen LogP contribution in [-0.4, -0.2) is 16.1 Å². The fourth-order valence-electron chi connectivity index (χ4n) is 3.95. The number of carbonyl (C=O) groups is 1. The van der Waals surface area contributed by atoms with E-state index in [-0.39, 0.29) is 11.5 Å². The molecule has 0 spiro atoms. The minimum absolute atomic E-state index is 0.198. The highest BCUT2D eigenvalue weighted by molar-refractivity contribution is 6.05. The lowest BCUT2D eigenvalue weighted by Gasteiger charge is -2.26. The van der Waals surface area contributed by atoms with Crippen LogP contribution in [0.4, 0.5) is 13.2 Å². The molecule has 3 nitrogen and oxygen atoms in total. The number of alkyl halides is 3. The Bertz CT molecular complexity index is 1130. The second-order valence-corrected chi connectivity index (χ2v) is 7.44. The van der Waals surface area contributed by atoms with Crippen LogP contribution < -0.4 is 0 Å². The first-order chi connectivity index (χ1) is 13.7. The van der Waals surface area contributed by atoms with Crippen molar-refractivity contribution in [1.82, 2.24) is 4.98 Å². The molecule has 0 aliphatic heterocycles. The highest BCUT2D eigenvalue weighted by Crippen LogP contribution is 2.38. The fourth-order valence-corrected chi connectivity index (χ4v) is 3.95. The van der Waals surface area contributed by atoms with Crippen molar-refractivity contribution < 1.29 is 23.1 Å². The average Bonchev–Trinajstić information content (AvgIpc) is 2.66. The average molecular weight is 397 g/mol. The Morgan fingerprint density at radius 1 is 1.10 bits per heavy atom. The molecule has 6 heteroatoms. The predicted octanol–water partition coefficient (Wildman–Crippen LogP) is 6.07. The van der Waals surface area contributed by atoms with Gasteiger partial charge >= 0.3 is 12.1 Å². The van der Waals surface area contributed by atoms with Gasteiger partial charge in [-0.1, -0.05) is 37.3 Å². The number of rotatable bonds is 2. The van der Waals surface area contributed by atoms with E-state index in [0.29, 0.717) is 40.6 Å². The normalized spacial score (nSPS) is 18.1. The van der Waals surface area contributed by atoms with E-state index in [9.17, 15) is 23.1 Å². The summed E-state index contributed by atoms with van der Waals surface area (Å²) in [5.74, 6) is -0.799. The summed E-state index contributed by atoms with van der Waals surface area (Å²) in [5.41, 5.74) is 2.93. The number of halogens is 3. The summed E-state index contributed by atoms with van der Waals surface area (Å²) in [4.78, 5) is 16.8. The van der Waals surface area contributed by atoms with Crippen molar-refractivity contribution in [1.29, 1.82) is 0 Å². The topological polar surface area (TPSA) is 50.2 Å². The number of allylic oxidation sites excluding steroid dienone is 1. The number of pyridine rings is 1. The van der Waals surface area contributed by atoms with Crippen LogP contribution >= 0.6 is 0 Å². The minimum Gasteiger partial charge on any atom is -0.478 e. The second-order valence-electron chi connectivity index (χ2n) is 7.44. The summed E-state index contributed by atoms with van der Waals surface area (Å²) in [6, 6.07) is 12.1. The molecule has 1 N–H and O–H groups in total. The van der Waals surface area contributed by atoms with E-state index < -0.39 is 17.7 Å². The molecule has 0 saturated carbocycles. The maximum absolute atomic E-state index is 12.8. The maximum Gasteiger partial charge on any atom is 0.416 e. The molecular formula is C23H18F3NO2. The van der Waals surface area contributed by atoms with Crippen molar-refractivity contribution in [3.05, 3.63) is 76.5 Å². The van der Waals surface area contributed by atoms with Gasteiger partial charge in [0.05, 0.1) is 22.3 Å². The van der Waals surface area contributed by atoms with Crippen molar-refractivity contribution >= 4 is 28.5 Å². The Hall–Kier alpha value is -3.15. The first kappa shape index (κ1) is 19.2. The number of fused-ring (bicyclic) bond motifs is 2. The van der Waals surface area contributed by atoms with Gasteiger partial charge in [0.1, 0.15) is 0 Å². The van der Waals surface area contributed by atoms with Crippen molar-refractivity contribution in [2.45, 2.75) is 25.9 Å². The molecule has 0 fully saturated rings. The maximum atomic E-state index is 12.8. The third-order valence-electron chi connectivity index (χ3n) is 5.21. The zero-order valence-corrected chi connectivity index (χ0v) is 15.6. The molecule has 1 atom stereocenters. The number of hydrogen-bond donors (Lipinski definition) is 1. The van der Waals surface area contributed by atoms with Crippen LogP contribution in [0.3, 0.4) is 0 Å². The molecule has 3 aromatic rings. The number of benzene rings is 2. The molecule has 4 rings (SSSR count). The smallest absolute Gasteiger partial charge is 0.416 e. The highest BCUT2D eigenvalue weighted by atomic mass is 19.4. The van der Waals surface area contributed by atoms with Gasteiger partial charge in [0.25, 0.3) is 0 Å². The lowest BCUT2D eigenvalue weighted by Crippen LogP contribution is -2.17. The molecule has 0 bridgehead atoms. The Morgan fingerprint density at radius 3 is 2.45 bits per heavy atom. The molecule has 148 valence electrons. The summed E-state index contributed by atoms with van der Waals surface area (Å²) in [6.45, 7) is 2.03. The number of para-hydroxylation sites is 1. The molecule has 0 saturated heterocycles. The number of aromatic carboxylic acids is 1. The van der Waals surface area contributed by atoms with E-state index in [2.05, 4.69) is 0 Å². The predicted molar refractivity (Wildman–Crippen MR) is 106 cm³/mol. The molecule has 1 aliphatic rings. The first-order valence-corrected chi connectivity index (χ1v) is 9.27. The van der Waals surface area contributed by atoms with Gasteiger partial charge in [-0.25, -0.2) is 9.78 Å². The lowest BCUT2D eigenvalue weighted by atomic mass is 9.80. The van der Waals surface area contributed by atoms with Gasteiger partial charge in [0.15, 0.2) is 0 Å². The Kier molecular flexibility index (Phi) is 4.65. The van der Waals surface area contributed by atoms with Crippen LogP contribution in [0.15, 0.2) is 48.5 Å². The van der Waals surface area contributed by atoms with Crippen molar-refractivity contribution in [2.75, 3.05) is 0 Å². The zero-order chi connectivity index (χ0) is 20.8. The van der Waals surface area contributed by atoms with Crippen molar-refractivity contribution in [2.24, 2.45) is 5.92 Å². The van der Waals surface area contributed by atoms with Gasteiger partial charge < -0.3 is 5.11 Å². The van der Waals surface area contributed by atoms with E-state index in [0.717, 1.165) is 17.7 Å². The fraction of sp³-hybridized carbons (Fsp3) is 0.217. The van der Waals surface area contributed by atoms with Gasteiger partial charge in [-0.05, 0) is 59.7 Å². The van der Waals surface area contributed by atoms with Crippen LogP contribution in [0.1, 0.15) is 46.1 Å². The SMILES string of the molecule is CC1CC(=Cc2ccc(C(F)(F)F)cc2)c2nc3ccccc3c(C(=O)O)c2C1. The minimum atomic E-state index is -4.38. The summed E-state index contributed by atoms with van der Waals surface area (Å²) in [5, 5.41) is 10.5. The third-order valence-corrected chi connectivity index (χ3v) is 5.21. The quantitative estimate of drug-likeness (QED) is 0.571. The Balaban J connectivity index is 1.88. The Morgan fingerprint density at radius 2 is 1.79 bits per heavy atom. The van der Waals surface area contributed by atoms with Crippen LogP contribution in [-0.2, 0) is 12.6 Å². The van der Waals surface area contributed by atoms with Crippen LogP contribution in [0, 0.1) is 5.92 Å². The number of carboxylic acid groups (broad SMARTS) is 1. The van der Waals surface area contributed by atoms with Crippen LogP contribution in [0.5, 0.6) is 0 Å². The number of nitrogens with zero attached hydrogens (tertiary/aromatic N) is 1. The molecule has 1 unspecified atom stereocenters. The highest BCUT2D eigenvalue weighted by Gasteiger charge is 2.30. The van der Waals surface area contributed by atoms with Gasteiger partial charge in [0.2, 0.25) is 0 Å². The monoisotopic (exact) mass is 397 g/mol. The molecule has 0 radical (unpaired) electrons. The van der Waals surface area contributed by atoms with E-state index in [4.69, 9.17) is 4.98 Å². The van der Waals surface area contributed by atoms with Crippen LogP contribution in [0.25, 0.3) is 22.6 Å². The summed E-state index contributed by atoms with van der Waals surface area (Å²) < 4.78 is 38.4. The molecular weight excluding hydrogens is 379 g/mol. The van der Waals surface area contributed by atoms with Gasteiger partial charge in [-0.15, -0.1) is 0 Å². The second kappa shape index (κ2) is 7.03. The van der Waals surface area contributed by atoms with Crippen LogP contribution in [0.2, 0.25) is 0 Å². The van der Waals surface area contributed by atoms with Crippen molar-refractivity contribution in [3.8, 4) is 0 Å². The standard InChI is InChI=1S/C23H18F3NO2/c1-13-10-15(12-14-6-8-16(9-7-14)23(24,25)26)21-18(11-13)20(22(28)29)17-4-2-3-5-19(17)27-21/h2-9,12-13H,10-11H2,1H3,(H,28,29). The number of aromatic nitrogens is 1. The zero-order valence-electron chi connectivity index (χ0n) is 15.6. The summed E-state index contributed by atoms with van der Waals surface area (Å²) >= 11 is 0. The van der Waals surface area contributed by atoms with Crippen molar-refractivity contribution in [3.63, 3.8) is 0 Å². The van der Waals surface area contributed by atoms with E-state index in [1.54, 1.807) is 24.3 Å². The van der Waals surface area contributed by atoms with E-state index in [1.165, 1.54) is 12.1 Å². The molecule has 1 aromatic heterocycles. The number of carboxylic acids is 1. The van der Waals surface area contributed by atoms with Gasteiger partial charge in [-0.2, -0.15) is 13.2 Å². The molecule has 0 amide bonds. The summed E-state index contributed by atoms with van der Waals surface area (Å²) in [6.07, 6.45) is -1.30. The molecule has 2 aromatic carbocycles. The summed E-state index contributed by atoms with van der Waals surface area (Å²) in [7, 11) is 0. The largest absolute Gasteiger partial charge is 0.478 e. The molecule has 1 aliphatic carbocycles. The number of hydrogen-bond acceptors (Lipinski definition) is 2. The first-order valence-electron chi connectivity index (χ1n) is 9.27. The Labute approximate surface area is 165 Å². The van der Waals surface area contributed by atoms with Gasteiger partial charge in [-0.3, -0.25) is 0 Å². The lowest BCUT2D eigenvalue weighted by molar-refractivity contribution is -0.137. The molecule has 1 heterocycles. The van der Waals surface area contributed by atoms with Gasteiger partial charge in [0, 0.05) is 5.39 Å².